The molecule has 4 rings (SSSR count). The molecular formula is C29H29ClFN3O2. The van der Waals surface area contributed by atoms with Crippen molar-refractivity contribution in [3.63, 3.8) is 0 Å². The smallest absolute Gasteiger partial charge is 0.252 e. The standard InChI is InChI=1S/C29H29ClFN3O2/c1-4-18(3)27-29(36)34(17-26(35)32-21-10-8-9-19(5-2)15-21)25-14-13-20(30)16-23(25)28(33-27)22-11-6-7-12-24(22)31/h6-16,18,27H,4-5,17H2,1-3H3,(H,32,35). The van der Waals surface area contributed by atoms with Crippen molar-refractivity contribution >= 4 is 40.5 Å². The van der Waals surface area contributed by atoms with Crippen LogP contribution in [0.2, 0.25) is 5.02 Å². The van der Waals surface area contributed by atoms with Crippen LogP contribution >= 0.6 is 11.6 Å². The third-order valence-electron chi connectivity index (χ3n) is 6.52. The number of aryl methyl sites for hydroxylation is 1. The molecule has 2 atom stereocenters. The SMILES string of the molecule is CCc1cccc(NC(=O)CN2C(=O)C(C(C)CC)N=C(c3ccccc3F)c3cc(Cl)ccc32)c1. The van der Waals surface area contributed by atoms with Crippen molar-refractivity contribution in [3.05, 3.63) is 94.3 Å². The maximum atomic E-state index is 14.9. The van der Waals surface area contributed by atoms with E-state index in [1.165, 1.54) is 11.0 Å². The highest BCUT2D eigenvalue weighted by molar-refractivity contribution is 6.32. The lowest BCUT2D eigenvalue weighted by Crippen LogP contribution is -2.44. The zero-order chi connectivity index (χ0) is 25.8. The summed E-state index contributed by atoms with van der Waals surface area (Å²) < 4.78 is 14.9. The van der Waals surface area contributed by atoms with E-state index >= 15 is 0 Å². The molecule has 186 valence electrons. The topological polar surface area (TPSA) is 61.8 Å². The minimum atomic E-state index is -0.785. The Labute approximate surface area is 216 Å². The molecular weight excluding hydrogens is 477 g/mol. The molecule has 1 N–H and O–H groups in total. The Balaban J connectivity index is 1.79. The Morgan fingerprint density at radius 3 is 2.58 bits per heavy atom. The monoisotopic (exact) mass is 505 g/mol. The van der Waals surface area contributed by atoms with Gasteiger partial charge in [0.25, 0.3) is 5.91 Å². The maximum Gasteiger partial charge on any atom is 0.252 e. The van der Waals surface area contributed by atoms with Crippen LogP contribution in [0.5, 0.6) is 0 Å². The molecule has 1 heterocycles. The molecule has 36 heavy (non-hydrogen) atoms. The summed E-state index contributed by atoms with van der Waals surface area (Å²) in [5.41, 5.74) is 3.37. The number of carbonyl (C=O) groups excluding carboxylic acids is 2. The number of hydrogen-bond donors (Lipinski definition) is 1. The van der Waals surface area contributed by atoms with E-state index in [0.717, 1.165) is 12.0 Å². The summed E-state index contributed by atoms with van der Waals surface area (Å²) in [6, 6.07) is 18.2. The number of hydrogen-bond acceptors (Lipinski definition) is 3. The predicted molar refractivity (Wildman–Crippen MR) is 144 cm³/mol. The van der Waals surface area contributed by atoms with Gasteiger partial charge in [-0.1, -0.05) is 63.1 Å². The molecule has 0 aliphatic carbocycles. The number of aliphatic imine (C=N–C) groups is 1. The van der Waals surface area contributed by atoms with Crippen molar-refractivity contribution in [2.24, 2.45) is 10.9 Å². The summed E-state index contributed by atoms with van der Waals surface area (Å²) in [6.45, 7) is 5.74. The lowest BCUT2D eigenvalue weighted by atomic mass is 9.97. The van der Waals surface area contributed by atoms with Crippen molar-refractivity contribution in [3.8, 4) is 0 Å². The highest BCUT2D eigenvalue weighted by Crippen LogP contribution is 2.33. The first-order valence-electron chi connectivity index (χ1n) is 12.1. The van der Waals surface area contributed by atoms with Gasteiger partial charge in [0.15, 0.2) is 0 Å². The molecule has 0 radical (unpaired) electrons. The molecule has 2 amide bonds. The molecule has 1 aliphatic rings. The van der Waals surface area contributed by atoms with Crippen LogP contribution in [0.15, 0.2) is 71.7 Å². The molecule has 0 saturated carbocycles. The number of carbonyl (C=O) groups is 2. The number of anilines is 2. The zero-order valence-electron chi connectivity index (χ0n) is 20.6. The van der Waals surface area contributed by atoms with E-state index in [4.69, 9.17) is 16.6 Å². The number of benzene rings is 3. The molecule has 0 spiro atoms. The van der Waals surface area contributed by atoms with Gasteiger partial charge in [-0.05, 0) is 60.4 Å². The van der Waals surface area contributed by atoms with Gasteiger partial charge in [-0.25, -0.2) is 4.39 Å². The molecule has 3 aromatic carbocycles. The lowest BCUT2D eigenvalue weighted by Gasteiger charge is -2.26. The van der Waals surface area contributed by atoms with Crippen LogP contribution in [-0.2, 0) is 16.0 Å². The third-order valence-corrected chi connectivity index (χ3v) is 6.76. The number of amides is 2. The molecule has 0 saturated heterocycles. The van der Waals surface area contributed by atoms with Crippen LogP contribution in [0.25, 0.3) is 0 Å². The minimum absolute atomic E-state index is 0.129. The van der Waals surface area contributed by atoms with Gasteiger partial charge < -0.3 is 10.2 Å². The second kappa shape index (κ2) is 11.0. The fourth-order valence-electron chi connectivity index (χ4n) is 4.31. The van der Waals surface area contributed by atoms with Crippen LogP contribution < -0.4 is 10.2 Å². The van der Waals surface area contributed by atoms with E-state index < -0.39 is 11.9 Å². The fraction of sp³-hybridized carbons (Fsp3) is 0.276. The van der Waals surface area contributed by atoms with Gasteiger partial charge in [0, 0.05) is 21.8 Å². The first-order chi connectivity index (χ1) is 17.3. The molecule has 2 unspecified atom stereocenters. The second-order valence-corrected chi connectivity index (χ2v) is 9.41. The number of fused-ring (bicyclic) bond motifs is 1. The molecule has 0 fully saturated rings. The lowest BCUT2D eigenvalue weighted by molar-refractivity contribution is -0.123. The third kappa shape index (κ3) is 5.34. The highest BCUT2D eigenvalue weighted by Gasteiger charge is 2.36. The molecule has 3 aromatic rings. The predicted octanol–water partition coefficient (Wildman–Crippen LogP) is 6.28. The Morgan fingerprint density at radius 2 is 1.86 bits per heavy atom. The fourth-order valence-corrected chi connectivity index (χ4v) is 4.49. The van der Waals surface area contributed by atoms with Gasteiger partial charge in [0.05, 0.1) is 11.4 Å². The van der Waals surface area contributed by atoms with Crippen LogP contribution in [-0.4, -0.2) is 30.1 Å². The van der Waals surface area contributed by atoms with E-state index in [9.17, 15) is 14.0 Å². The quantitative estimate of drug-likeness (QED) is 0.411. The number of nitrogens with one attached hydrogen (secondary N) is 1. The summed E-state index contributed by atoms with van der Waals surface area (Å²) in [5.74, 6) is -1.22. The van der Waals surface area contributed by atoms with E-state index in [1.807, 2.05) is 45.0 Å². The molecule has 7 heteroatoms. The van der Waals surface area contributed by atoms with Gasteiger partial charge in [-0.3, -0.25) is 14.6 Å². The van der Waals surface area contributed by atoms with E-state index in [2.05, 4.69) is 5.32 Å². The van der Waals surface area contributed by atoms with Crippen molar-refractivity contribution in [1.82, 2.24) is 0 Å². The maximum absolute atomic E-state index is 14.9. The van der Waals surface area contributed by atoms with Crippen LogP contribution in [0.1, 0.15) is 43.9 Å². The van der Waals surface area contributed by atoms with Gasteiger partial charge in [0.2, 0.25) is 5.91 Å². The average Bonchev–Trinajstić information content (AvgIpc) is 2.98. The number of halogens is 2. The van der Waals surface area contributed by atoms with Gasteiger partial charge >= 0.3 is 0 Å². The van der Waals surface area contributed by atoms with Crippen molar-refractivity contribution in [2.75, 3.05) is 16.8 Å². The molecule has 5 nitrogen and oxygen atoms in total. The first kappa shape index (κ1) is 25.6. The van der Waals surface area contributed by atoms with Crippen molar-refractivity contribution in [2.45, 2.75) is 39.7 Å². The Bertz CT molecular complexity index is 1320. The number of rotatable bonds is 7. The number of benzodiazepines with no additional fused rings is 1. The van der Waals surface area contributed by atoms with Crippen LogP contribution in [0.3, 0.4) is 0 Å². The Morgan fingerprint density at radius 1 is 1.08 bits per heavy atom. The molecule has 1 aliphatic heterocycles. The average molecular weight is 506 g/mol. The van der Waals surface area contributed by atoms with Crippen molar-refractivity contribution < 1.29 is 14.0 Å². The molecule has 0 bridgehead atoms. The minimum Gasteiger partial charge on any atom is -0.325 e. The normalized spacial score (nSPS) is 16.1. The van der Waals surface area contributed by atoms with E-state index in [1.54, 1.807) is 36.4 Å². The van der Waals surface area contributed by atoms with Gasteiger partial charge in [-0.15, -0.1) is 0 Å². The first-order valence-corrected chi connectivity index (χ1v) is 12.5. The summed E-state index contributed by atoms with van der Waals surface area (Å²) in [6.07, 6.45) is 1.53. The van der Waals surface area contributed by atoms with Crippen molar-refractivity contribution in [1.29, 1.82) is 0 Å². The highest BCUT2D eigenvalue weighted by atomic mass is 35.5. The Hall–Kier alpha value is -3.51. The molecule has 0 aromatic heterocycles. The summed E-state index contributed by atoms with van der Waals surface area (Å²) in [7, 11) is 0. The van der Waals surface area contributed by atoms with Gasteiger partial charge in [-0.2, -0.15) is 0 Å². The van der Waals surface area contributed by atoms with Crippen LogP contribution in [0, 0.1) is 11.7 Å². The summed E-state index contributed by atoms with van der Waals surface area (Å²) >= 11 is 6.34. The second-order valence-electron chi connectivity index (χ2n) is 8.98. The van der Waals surface area contributed by atoms with E-state index in [-0.39, 0.29) is 29.8 Å². The summed E-state index contributed by atoms with van der Waals surface area (Å²) in [5, 5.41) is 3.32. The van der Waals surface area contributed by atoms with E-state index in [0.29, 0.717) is 34.1 Å². The number of nitrogens with zero attached hydrogens (tertiary/aromatic N) is 2. The summed E-state index contributed by atoms with van der Waals surface area (Å²) in [4.78, 5) is 33.2. The van der Waals surface area contributed by atoms with Crippen LogP contribution in [0.4, 0.5) is 15.8 Å². The zero-order valence-corrected chi connectivity index (χ0v) is 21.3. The largest absolute Gasteiger partial charge is 0.325 e. The van der Waals surface area contributed by atoms with Gasteiger partial charge in [0.1, 0.15) is 18.4 Å². The Kier molecular flexibility index (Phi) is 7.85.